The fourth-order valence-corrected chi connectivity index (χ4v) is 1.72. The van der Waals surface area contributed by atoms with E-state index in [4.69, 9.17) is 0 Å². The van der Waals surface area contributed by atoms with Crippen molar-refractivity contribution < 1.29 is 9.18 Å². The third-order valence-electron chi connectivity index (χ3n) is 1.66. The van der Waals surface area contributed by atoms with Gasteiger partial charge in [-0.15, -0.1) is 0 Å². The van der Waals surface area contributed by atoms with E-state index in [-0.39, 0.29) is 5.82 Å². The van der Waals surface area contributed by atoms with Crippen molar-refractivity contribution in [3.05, 3.63) is 34.1 Å². The Morgan fingerprint density at radius 3 is 2.75 bits per heavy atom. The largest absolute Gasteiger partial charge is 0.303 e. The zero-order valence-electron chi connectivity index (χ0n) is 6.55. The molecule has 64 valence electrons. The monoisotopic (exact) mass is 230 g/mol. The maximum absolute atomic E-state index is 13.1. The Labute approximate surface area is 78.7 Å². The van der Waals surface area contributed by atoms with Crippen molar-refractivity contribution in [3.8, 4) is 0 Å². The second-order valence-electron chi connectivity index (χ2n) is 2.56. The van der Waals surface area contributed by atoms with E-state index < -0.39 is 5.92 Å². The first-order valence-corrected chi connectivity index (χ1v) is 4.35. The van der Waals surface area contributed by atoms with Crippen LogP contribution >= 0.6 is 15.9 Å². The van der Waals surface area contributed by atoms with Gasteiger partial charge in [-0.1, -0.05) is 28.9 Å². The molecule has 0 saturated carbocycles. The number of carbonyl (C=O) groups excluding carboxylic acids is 1. The second kappa shape index (κ2) is 3.81. The van der Waals surface area contributed by atoms with Crippen LogP contribution < -0.4 is 0 Å². The zero-order valence-corrected chi connectivity index (χ0v) is 8.14. The molecule has 0 aliphatic carbocycles. The first kappa shape index (κ1) is 9.39. The molecule has 1 atom stereocenters. The van der Waals surface area contributed by atoms with Gasteiger partial charge in [-0.3, -0.25) is 0 Å². The van der Waals surface area contributed by atoms with Gasteiger partial charge in [-0.25, -0.2) is 4.39 Å². The molecule has 0 amide bonds. The molecule has 0 aromatic heterocycles. The quantitative estimate of drug-likeness (QED) is 0.715. The van der Waals surface area contributed by atoms with E-state index in [9.17, 15) is 9.18 Å². The summed E-state index contributed by atoms with van der Waals surface area (Å²) >= 11 is 3.19. The third kappa shape index (κ3) is 1.72. The first-order chi connectivity index (χ1) is 5.66. The zero-order chi connectivity index (χ0) is 9.14. The summed E-state index contributed by atoms with van der Waals surface area (Å²) in [6, 6.07) is 4.67. The van der Waals surface area contributed by atoms with Crippen LogP contribution in [0.2, 0.25) is 0 Å². The summed E-state index contributed by atoms with van der Waals surface area (Å²) in [7, 11) is 0. The maximum atomic E-state index is 13.1. The van der Waals surface area contributed by atoms with Gasteiger partial charge in [0.25, 0.3) is 0 Å². The summed E-state index contributed by atoms with van der Waals surface area (Å²) in [5.41, 5.74) is 0.424. The highest BCUT2D eigenvalue weighted by atomic mass is 79.9. The summed E-state index contributed by atoms with van der Waals surface area (Å²) in [5.74, 6) is -0.746. The minimum Gasteiger partial charge on any atom is -0.303 e. The fourth-order valence-electron chi connectivity index (χ4n) is 1.01. The van der Waals surface area contributed by atoms with Crippen LogP contribution in [0.4, 0.5) is 4.39 Å². The van der Waals surface area contributed by atoms with Crippen molar-refractivity contribution in [2.75, 3.05) is 0 Å². The van der Waals surface area contributed by atoms with Crippen molar-refractivity contribution in [3.63, 3.8) is 0 Å². The van der Waals surface area contributed by atoms with Crippen LogP contribution in [-0.4, -0.2) is 6.29 Å². The van der Waals surface area contributed by atoms with E-state index in [0.29, 0.717) is 10.0 Å². The van der Waals surface area contributed by atoms with Crippen molar-refractivity contribution in [2.45, 2.75) is 12.8 Å². The maximum Gasteiger partial charge on any atom is 0.128 e. The van der Waals surface area contributed by atoms with Crippen LogP contribution in [0.5, 0.6) is 0 Å². The van der Waals surface area contributed by atoms with E-state index in [2.05, 4.69) is 15.9 Å². The van der Waals surface area contributed by atoms with Gasteiger partial charge in [0.05, 0.1) is 0 Å². The Bertz CT molecular complexity index is 278. The van der Waals surface area contributed by atoms with Crippen molar-refractivity contribution in [1.29, 1.82) is 0 Å². The van der Waals surface area contributed by atoms with Crippen molar-refractivity contribution in [1.82, 2.24) is 0 Å². The average Bonchev–Trinajstić information content (AvgIpc) is 2.03. The highest BCUT2D eigenvalue weighted by molar-refractivity contribution is 9.10. The standard InChI is InChI=1S/C9H8BrFO/c1-6(5-12)9-7(10)3-2-4-8(9)11/h2-6H,1H3. The number of aldehydes is 1. The van der Waals surface area contributed by atoms with E-state index in [1.54, 1.807) is 19.1 Å². The molecule has 1 aromatic carbocycles. The molecule has 1 nitrogen and oxygen atoms in total. The molecule has 1 rings (SSSR count). The smallest absolute Gasteiger partial charge is 0.128 e. The molecule has 1 unspecified atom stereocenters. The Hall–Kier alpha value is -0.700. The van der Waals surface area contributed by atoms with E-state index in [1.807, 2.05) is 0 Å². The molecule has 0 spiro atoms. The van der Waals surface area contributed by atoms with Crippen LogP contribution in [0.15, 0.2) is 22.7 Å². The molecule has 0 aliphatic rings. The lowest BCUT2D eigenvalue weighted by atomic mass is 10.0. The van der Waals surface area contributed by atoms with Crippen LogP contribution in [0.25, 0.3) is 0 Å². The molecule has 1 aromatic rings. The first-order valence-electron chi connectivity index (χ1n) is 3.56. The minimum absolute atomic E-state index is 0.344. The highest BCUT2D eigenvalue weighted by Crippen LogP contribution is 2.25. The number of hydrogen-bond acceptors (Lipinski definition) is 1. The molecule has 0 bridgehead atoms. The highest BCUT2D eigenvalue weighted by Gasteiger charge is 2.12. The molecule has 0 fully saturated rings. The van der Waals surface area contributed by atoms with Gasteiger partial charge in [0, 0.05) is 16.0 Å². The summed E-state index contributed by atoms with van der Waals surface area (Å²) in [4.78, 5) is 10.4. The van der Waals surface area contributed by atoms with Crippen LogP contribution in [0.1, 0.15) is 18.4 Å². The Kier molecular flexibility index (Phi) is 2.98. The summed E-state index contributed by atoms with van der Waals surface area (Å²) in [6.07, 6.45) is 0.725. The Morgan fingerprint density at radius 1 is 1.58 bits per heavy atom. The Balaban J connectivity index is 3.20. The second-order valence-corrected chi connectivity index (χ2v) is 3.41. The van der Waals surface area contributed by atoms with Gasteiger partial charge >= 0.3 is 0 Å². The third-order valence-corrected chi connectivity index (χ3v) is 2.35. The van der Waals surface area contributed by atoms with Crippen LogP contribution in [0, 0.1) is 5.82 Å². The summed E-state index contributed by atoms with van der Waals surface area (Å²) in [6.45, 7) is 1.66. The molecular weight excluding hydrogens is 223 g/mol. The lowest BCUT2D eigenvalue weighted by Gasteiger charge is -2.07. The van der Waals surface area contributed by atoms with Crippen molar-refractivity contribution >= 4 is 22.2 Å². The molecule has 0 saturated heterocycles. The lowest BCUT2D eigenvalue weighted by Crippen LogP contribution is -1.99. The fraction of sp³-hybridized carbons (Fsp3) is 0.222. The van der Waals surface area contributed by atoms with Crippen LogP contribution in [-0.2, 0) is 4.79 Å². The molecule has 12 heavy (non-hydrogen) atoms. The van der Waals surface area contributed by atoms with E-state index >= 15 is 0 Å². The molecule has 0 heterocycles. The topological polar surface area (TPSA) is 17.1 Å². The number of rotatable bonds is 2. The number of carbonyl (C=O) groups is 1. The van der Waals surface area contributed by atoms with Crippen LogP contribution in [0.3, 0.4) is 0 Å². The Morgan fingerprint density at radius 2 is 2.25 bits per heavy atom. The number of halogens is 2. The van der Waals surface area contributed by atoms with E-state index in [1.165, 1.54) is 6.07 Å². The van der Waals surface area contributed by atoms with Gasteiger partial charge < -0.3 is 4.79 Å². The molecule has 3 heteroatoms. The van der Waals surface area contributed by atoms with Gasteiger partial charge in [0.1, 0.15) is 12.1 Å². The summed E-state index contributed by atoms with van der Waals surface area (Å²) in [5, 5.41) is 0. The molecule has 0 N–H and O–H groups in total. The molecule has 0 radical (unpaired) electrons. The predicted octanol–water partition coefficient (Wildman–Crippen LogP) is 2.89. The predicted molar refractivity (Wildman–Crippen MR) is 48.6 cm³/mol. The van der Waals surface area contributed by atoms with E-state index in [0.717, 1.165) is 6.29 Å². The minimum atomic E-state index is -0.402. The number of benzene rings is 1. The summed E-state index contributed by atoms with van der Waals surface area (Å²) < 4.78 is 13.7. The van der Waals surface area contributed by atoms with Gasteiger partial charge in [-0.2, -0.15) is 0 Å². The SMILES string of the molecule is CC(C=O)c1c(F)cccc1Br. The van der Waals surface area contributed by atoms with Crippen molar-refractivity contribution in [2.24, 2.45) is 0 Å². The average molecular weight is 231 g/mol. The molecule has 0 aliphatic heterocycles. The number of hydrogen-bond donors (Lipinski definition) is 0. The van der Waals surface area contributed by atoms with Gasteiger partial charge in [0.2, 0.25) is 0 Å². The van der Waals surface area contributed by atoms with Gasteiger partial charge in [-0.05, 0) is 12.1 Å². The molecular formula is C9H8BrFO. The van der Waals surface area contributed by atoms with Gasteiger partial charge in [0.15, 0.2) is 0 Å². The normalized spacial score (nSPS) is 12.6. The lowest BCUT2D eigenvalue weighted by molar-refractivity contribution is -0.108.